The lowest BCUT2D eigenvalue weighted by Crippen LogP contribution is -2.88. The Labute approximate surface area is 203 Å². The Bertz CT molecular complexity index is 1090. The number of ether oxygens (including phenoxy) is 2. The molecule has 6 amide bonds. The van der Waals surface area contributed by atoms with Crippen LogP contribution in [-0.4, -0.2) is 111 Å². The summed E-state index contributed by atoms with van der Waals surface area (Å²) in [6, 6.07) is -3.72. The van der Waals surface area contributed by atoms with Gasteiger partial charge in [-0.15, -0.1) is 0 Å². The number of rotatable bonds is 1. The highest BCUT2D eigenvalue weighted by Crippen LogP contribution is 2.57. The molecule has 6 aliphatic rings. The Hall–Kier alpha value is -2.17. The molecular formula is C19H25N4O12P. The molecule has 6 fully saturated rings. The van der Waals surface area contributed by atoms with Crippen molar-refractivity contribution in [3.05, 3.63) is 0 Å². The fourth-order valence-corrected chi connectivity index (χ4v) is 7.38. The van der Waals surface area contributed by atoms with E-state index in [9.17, 15) is 38.8 Å². The minimum absolute atomic E-state index is 0.117. The van der Waals surface area contributed by atoms with Crippen LogP contribution in [0.5, 0.6) is 0 Å². The molecule has 5 heterocycles. The first-order chi connectivity index (χ1) is 17.0. The van der Waals surface area contributed by atoms with Crippen LogP contribution in [0.15, 0.2) is 0 Å². The van der Waals surface area contributed by atoms with Gasteiger partial charge in [-0.05, 0) is 6.92 Å². The van der Waals surface area contributed by atoms with Gasteiger partial charge in [-0.1, -0.05) is 0 Å². The maximum Gasteiger partial charge on any atom is 0.472 e. The Kier molecular flexibility index (Phi) is 5.32. The van der Waals surface area contributed by atoms with Crippen molar-refractivity contribution in [3.8, 4) is 0 Å². The van der Waals surface area contributed by atoms with Crippen molar-refractivity contribution in [3.63, 3.8) is 0 Å². The molecule has 1 saturated carbocycles. The predicted molar refractivity (Wildman–Crippen MR) is 110 cm³/mol. The molecular weight excluding hydrogens is 507 g/mol. The van der Waals surface area contributed by atoms with E-state index >= 15 is 0 Å². The monoisotopic (exact) mass is 532 g/mol. The van der Waals surface area contributed by atoms with E-state index in [4.69, 9.17) is 18.5 Å². The zero-order valence-electron chi connectivity index (χ0n) is 18.9. The van der Waals surface area contributed by atoms with Crippen LogP contribution in [0, 0.1) is 11.3 Å². The molecule has 16 nitrogen and oxygen atoms in total. The topological polar surface area (TPSA) is 213 Å². The highest BCUT2D eigenvalue weighted by molar-refractivity contribution is 7.47. The van der Waals surface area contributed by atoms with Gasteiger partial charge in [0.1, 0.15) is 30.8 Å². The molecule has 1 unspecified atom stereocenters. The summed E-state index contributed by atoms with van der Waals surface area (Å²) in [5, 5.41) is 24.8. The number of fused-ring (bicyclic) bond motifs is 7. The van der Waals surface area contributed by atoms with E-state index in [0.717, 1.165) is 0 Å². The number of phosphoric acid groups is 1. The number of nitrogens with zero attached hydrogens (tertiary/aromatic N) is 2. The summed E-state index contributed by atoms with van der Waals surface area (Å²) < 4.78 is 34.5. The van der Waals surface area contributed by atoms with Crippen LogP contribution in [0.1, 0.15) is 19.8 Å². The number of nitrogens with one attached hydrogen (secondary N) is 2. The highest BCUT2D eigenvalue weighted by Gasteiger charge is 2.76. The van der Waals surface area contributed by atoms with Gasteiger partial charge in [-0.3, -0.25) is 39.1 Å². The maximum atomic E-state index is 13.1. The number of carbonyl (C=O) groups is 4. The molecule has 0 aromatic heterocycles. The lowest BCUT2D eigenvalue weighted by atomic mass is 9.50. The molecule has 0 aromatic carbocycles. The molecule has 5 N–H and O–H groups in total. The van der Waals surface area contributed by atoms with Gasteiger partial charge in [-0.2, -0.15) is 0 Å². The quantitative estimate of drug-likeness (QED) is 0.223. The third-order valence-electron chi connectivity index (χ3n) is 8.09. The zero-order chi connectivity index (χ0) is 25.7. The number of phosphoric ester groups is 1. The second kappa shape index (κ2) is 7.91. The van der Waals surface area contributed by atoms with Crippen molar-refractivity contribution in [1.29, 1.82) is 0 Å². The van der Waals surface area contributed by atoms with Crippen molar-refractivity contribution in [2.75, 3.05) is 13.2 Å². The van der Waals surface area contributed by atoms with Crippen LogP contribution in [0.25, 0.3) is 0 Å². The molecule has 11 atom stereocenters. The van der Waals surface area contributed by atoms with Crippen LogP contribution >= 0.6 is 7.82 Å². The molecule has 17 heteroatoms. The SMILES string of the molecule is C[C@]12C(=O)NC(=O)N3[C@H]1[C@@H]1[C@H]2C(=O)NC(=O)N1[C@H]1C[C@H](O)[C@@H](COP(=O)(O)O[C@H]2C[C@H]3O[C@@H]2CO)O1. The smallest absolute Gasteiger partial charge is 0.394 e. The van der Waals surface area contributed by atoms with Gasteiger partial charge in [-0.25, -0.2) is 14.2 Å². The summed E-state index contributed by atoms with van der Waals surface area (Å²) in [6.07, 6.45) is -7.14. The van der Waals surface area contributed by atoms with E-state index < -0.39 is 105 Å². The largest absolute Gasteiger partial charge is 0.472 e. The van der Waals surface area contributed by atoms with Crippen LogP contribution < -0.4 is 10.6 Å². The van der Waals surface area contributed by atoms with E-state index in [2.05, 4.69) is 10.6 Å². The van der Waals surface area contributed by atoms with Crippen molar-refractivity contribution in [2.24, 2.45) is 11.3 Å². The van der Waals surface area contributed by atoms with Gasteiger partial charge in [0, 0.05) is 12.8 Å². The van der Waals surface area contributed by atoms with Crippen molar-refractivity contribution in [2.45, 2.75) is 68.7 Å². The van der Waals surface area contributed by atoms with Gasteiger partial charge in [0.05, 0.1) is 42.7 Å². The van der Waals surface area contributed by atoms with E-state index in [1.807, 2.05) is 0 Å². The van der Waals surface area contributed by atoms with Gasteiger partial charge in [0.25, 0.3) is 0 Å². The standard InChI is InChI=1S/C19H25N4O12P/c1-19-12-13-14(19)23(18(29)21-16(19)27)11-3-7(8(4-24)33-11)35-36(30,31)32-5-9-6(25)2-10(34-9)22(13)17(28)20-15(12)26/h6-14,24-25H,2-5H2,1H3,(H,30,31)(H,20,26,28)(H,21,27,29)/t6-,7-,8+,9+,10+,11+,12-,13-,14-,19+/m0/s1. The first-order valence-corrected chi connectivity index (χ1v) is 13.0. The number of imide groups is 2. The van der Waals surface area contributed by atoms with Crippen LogP contribution in [-0.2, 0) is 32.7 Å². The van der Waals surface area contributed by atoms with Crippen LogP contribution in [0.2, 0.25) is 0 Å². The molecule has 0 radical (unpaired) electrons. The summed E-state index contributed by atoms with van der Waals surface area (Å²) in [7, 11) is -4.73. The number of amides is 6. The molecule has 6 rings (SSSR count). The maximum absolute atomic E-state index is 13.1. The third-order valence-corrected chi connectivity index (χ3v) is 9.11. The number of hydrogen-bond donors (Lipinski definition) is 5. The first-order valence-electron chi connectivity index (χ1n) is 11.5. The first kappa shape index (κ1) is 24.2. The summed E-state index contributed by atoms with van der Waals surface area (Å²) >= 11 is 0. The highest BCUT2D eigenvalue weighted by atomic mass is 31.2. The number of aliphatic hydroxyl groups excluding tert-OH is 2. The average molecular weight is 532 g/mol. The van der Waals surface area contributed by atoms with Crippen LogP contribution in [0.3, 0.4) is 0 Å². The molecule has 4 bridgehead atoms. The van der Waals surface area contributed by atoms with Crippen molar-refractivity contribution in [1.82, 2.24) is 20.4 Å². The molecule has 1 aliphatic carbocycles. The number of carbonyl (C=O) groups excluding carboxylic acids is 4. The van der Waals surface area contributed by atoms with Gasteiger partial charge in [0.2, 0.25) is 11.8 Å². The Morgan fingerprint density at radius 2 is 1.75 bits per heavy atom. The number of aliphatic hydroxyl groups is 2. The molecule has 36 heavy (non-hydrogen) atoms. The van der Waals surface area contributed by atoms with E-state index in [1.54, 1.807) is 0 Å². The minimum atomic E-state index is -4.73. The van der Waals surface area contributed by atoms with E-state index in [0.29, 0.717) is 0 Å². The second-order valence-electron chi connectivity index (χ2n) is 9.95. The Balaban J connectivity index is 1.46. The molecule has 0 aromatic rings. The lowest BCUT2D eigenvalue weighted by Gasteiger charge is -2.67. The average Bonchev–Trinajstić information content (AvgIpc) is 3.35. The number of hydrogen-bond acceptors (Lipinski definition) is 11. The normalized spacial score (nSPS) is 50.2. The third kappa shape index (κ3) is 3.23. The van der Waals surface area contributed by atoms with Gasteiger partial charge >= 0.3 is 19.9 Å². The fraction of sp³-hybridized carbons (Fsp3) is 0.789. The van der Waals surface area contributed by atoms with Gasteiger partial charge in [0.15, 0.2) is 0 Å². The van der Waals surface area contributed by atoms with E-state index in [1.165, 1.54) is 16.7 Å². The van der Waals surface area contributed by atoms with Crippen molar-refractivity contribution >= 4 is 31.7 Å². The number of urea groups is 2. The fourth-order valence-electron chi connectivity index (χ4n) is 6.42. The van der Waals surface area contributed by atoms with E-state index in [-0.39, 0.29) is 12.8 Å². The Morgan fingerprint density at radius 1 is 1.06 bits per heavy atom. The Morgan fingerprint density at radius 3 is 2.47 bits per heavy atom. The van der Waals surface area contributed by atoms with Crippen LogP contribution in [0.4, 0.5) is 9.59 Å². The summed E-state index contributed by atoms with van der Waals surface area (Å²) in [6.45, 7) is 0.325. The summed E-state index contributed by atoms with van der Waals surface area (Å²) in [4.78, 5) is 64.7. The minimum Gasteiger partial charge on any atom is -0.394 e. The second-order valence-corrected chi connectivity index (χ2v) is 11.4. The lowest BCUT2D eigenvalue weighted by molar-refractivity contribution is -0.213. The predicted octanol–water partition coefficient (Wildman–Crippen LogP) is -2.44. The summed E-state index contributed by atoms with van der Waals surface area (Å²) in [5.74, 6) is -2.44. The van der Waals surface area contributed by atoms with Gasteiger partial charge < -0.3 is 24.6 Å². The molecule has 198 valence electrons. The molecule has 5 saturated heterocycles. The molecule has 5 aliphatic heterocycles. The summed E-state index contributed by atoms with van der Waals surface area (Å²) in [5.41, 5.74) is -1.46. The zero-order valence-corrected chi connectivity index (χ0v) is 19.8. The van der Waals surface area contributed by atoms with Crippen molar-refractivity contribution < 1.29 is 57.4 Å². The molecule has 0 spiro atoms.